The normalized spacial score (nSPS) is 18.3. The summed E-state index contributed by atoms with van der Waals surface area (Å²) in [6.45, 7) is 5.05. The average Bonchev–Trinajstić information content (AvgIpc) is 3.32. The Morgan fingerprint density at radius 1 is 1.17 bits per heavy atom. The zero-order valence-corrected chi connectivity index (χ0v) is 13.6. The highest BCUT2D eigenvalue weighted by Gasteiger charge is 2.29. The molecule has 3 aromatic rings. The Bertz CT molecular complexity index is 780. The molecule has 1 fully saturated rings. The molecule has 6 heteroatoms. The summed E-state index contributed by atoms with van der Waals surface area (Å²) >= 11 is 0. The third kappa shape index (κ3) is 3.25. The lowest BCUT2D eigenvalue weighted by atomic mass is 10.1. The molecule has 0 amide bonds. The monoisotopic (exact) mass is 324 g/mol. The van der Waals surface area contributed by atoms with E-state index in [0.717, 1.165) is 18.0 Å². The number of hydrogen-bond acceptors (Lipinski definition) is 5. The van der Waals surface area contributed by atoms with Crippen LogP contribution in [0.4, 0.5) is 0 Å². The van der Waals surface area contributed by atoms with Crippen molar-refractivity contribution in [3.63, 3.8) is 0 Å². The van der Waals surface area contributed by atoms with Crippen LogP contribution in [0.25, 0.3) is 0 Å². The lowest BCUT2D eigenvalue weighted by molar-refractivity contribution is 0.0223. The van der Waals surface area contributed by atoms with Gasteiger partial charge >= 0.3 is 0 Å². The van der Waals surface area contributed by atoms with Crippen molar-refractivity contribution in [1.82, 2.24) is 19.9 Å². The third-order valence-electron chi connectivity index (χ3n) is 4.20. The molecule has 1 aliphatic heterocycles. The highest BCUT2D eigenvalue weighted by atomic mass is 16.5. The molecule has 0 N–H and O–H groups in total. The van der Waals surface area contributed by atoms with Gasteiger partial charge in [-0.05, 0) is 24.6 Å². The average molecular weight is 324 g/mol. The van der Waals surface area contributed by atoms with Gasteiger partial charge in [0.15, 0.2) is 6.23 Å². The van der Waals surface area contributed by atoms with Gasteiger partial charge in [0.2, 0.25) is 0 Å². The maximum absolute atomic E-state index is 5.85. The van der Waals surface area contributed by atoms with Crippen LogP contribution in [0.1, 0.15) is 28.8 Å². The second kappa shape index (κ2) is 6.59. The summed E-state index contributed by atoms with van der Waals surface area (Å²) in [5.74, 6) is 0.928. The molecule has 0 unspecified atom stereocenters. The number of rotatable bonds is 5. The van der Waals surface area contributed by atoms with Gasteiger partial charge in [0.05, 0.1) is 32.2 Å². The largest absolute Gasteiger partial charge is 0.468 e. The summed E-state index contributed by atoms with van der Waals surface area (Å²) in [7, 11) is 0. The molecule has 2 aromatic heterocycles. The molecule has 0 bridgehead atoms. The van der Waals surface area contributed by atoms with E-state index in [0.29, 0.717) is 19.7 Å². The standard InChI is InChI=1S/C18H20N4O2/c1-14-4-6-15(7-5-14)11-22-13-17(19-20-22)18-21(8-10-24-18)12-16-3-2-9-23-16/h2-7,9,13,18H,8,10-12H2,1H3/t18-/m0/s1. The van der Waals surface area contributed by atoms with Crippen LogP contribution in [-0.4, -0.2) is 33.0 Å². The van der Waals surface area contributed by atoms with Crippen LogP contribution in [0.2, 0.25) is 0 Å². The van der Waals surface area contributed by atoms with Crippen molar-refractivity contribution in [3.05, 3.63) is 71.4 Å². The Morgan fingerprint density at radius 2 is 2.04 bits per heavy atom. The van der Waals surface area contributed by atoms with Crippen molar-refractivity contribution < 1.29 is 9.15 Å². The number of nitrogens with zero attached hydrogens (tertiary/aromatic N) is 4. The highest BCUT2D eigenvalue weighted by Crippen LogP contribution is 2.27. The summed E-state index contributed by atoms with van der Waals surface area (Å²) in [5.41, 5.74) is 3.30. The minimum Gasteiger partial charge on any atom is -0.468 e. The van der Waals surface area contributed by atoms with Crippen LogP contribution in [0.3, 0.4) is 0 Å². The first-order chi connectivity index (χ1) is 11.8. The van der Waals surface area contributed by atoms with Gasteiger partial charge in [-0.15, -0.1) is 5.10 Å². The lowest BCUT2D eigenvalue weighted by Gasteiger charge is -2.19. The first-order valence-corrected chi connectivity index (χ1v) is 8.11. The van der Waals surface area contributed by atoms with Gasteiger partial charge in [-0.3, -0.25) is 4.90 Å². The number of aromatic nitrogens is 3. The zero-order chi connectivity index (χ0) is 16.4. The predicted octanol–water partition coefficient (Wildman–Crippen LogP) is 2.76. The fourth-order valence-electron chi connectivity index (χ4n) is 2.93. The summed E-state index contributed by atoms with van der Waals surface area (Å²) in [6.07, 6.45) is 3.49. The smallest absolute Gasteiger partial charge is 0.157 e. The van der Waals surface area contributed by atoms with E-state index < -0.39 is 0 Å². The topological polar surface area (TPSA) is 56.3 Å². The fraction of sp³-hybridized carbons (Fsp3) is 0.333. The summed E-state index contributed by atoms with van der Waals surface area (Å²) in [5, 5.41) is 8.55. The first kappa shape index (κ1) is 15.1. The second-order valence-electron chi connectivity index (χ2n) is 6.10. The molecule has 1 aromatic carbocycles. The van der Waals surface area contributed by atoms with Gasteiger partial charge in [0.25, 0.3) is 0 Å². The molecule has 1 aliphatic rings. The van der Waals surface area contributed by atoms with Crippen molar-refractivity contribution >= 4 is 0 Å². The molecule has 0 spiro atoms. The molecule has 0 radical (unpaired) electrons. The van der Waals surface area contributed by atoms with Gasteiger partial charge in [0, 0.05) is 6.54 Å². The van der Waals surface area contributed by atoms with Gasteiger partial charge in [-0.25, -0.2) is 4.68 Å². The van der Waals surface area contributed by atoms with E-state index in [1.165, 1.54) is 11.1 Å². The lowest BCUT2D eigenvalue weighted by Crippen LogP contribution is -2.23. The molecule has 124 valence electrons. The highest BCUT2D eigenvalue weighted by molar-refractivity contribution is 5.21. The summed E-state index contributed by atoms with van der Waals surface area (Å²) in [6, 6.07) is 12.3. The molecular weight excluding hydrogens is 304 g/mol. The van der Waals surface area contributed by atoms with Crippen LogP contribution in [0, 0.1) is 6.92 Å². The van der Waals surface area contributed by atoms with Crippen molar-refractivity contribution in [2.75, 3.05) is 13.2 Å². The maximum Gasteiger partial charge on any atom is 0.157 e. The quantitative estimate of drug-likeness (QED) is 0.722. The molecule has 1 saturated heterocycles. The number of benzene rings is 1. The number of hydrogen-bond donors (Lipinski definition) is 0. The Balaban J connectivity index is 1.46. The molecule has 0 aliphatic carbocycles. The molecule has 4 rings (SSSR count). The van der Waals surface area contributed by atoms with Crippen molar-refractivity contribution in [3.8, 4) is 0 Å². The first-order valence-electron chi connectivity index (χ1n) is 8.11. The van der Waals surface area contributed by atoms with E-state index in [4.69, 9.17) is 9.15 Å². The van der Waals surface area contributed by atoms with Gasteiger partial charge in [0.1, 0.15) is 11.5 Å². The molecule has 24 heavy (non-hydrogen) atoms. The van der Waals surface area contributed by atoms with Crippen LogP contribution in [-0.2, 0) is 17.8 Å². The van der Waals surface area contributed by atoms with Gasteiger partial charge < -0.3 is 9.15 Å². The Hall–Kier alpha value is -2.44. The summed E-state index contributed by atoms with van der Waals surface area (Å²) < 4.78 is 13.1. The van der Waals surface area contributed by atoms with Crippen molar-refractivity contribution in [2.24, 2.45) is 0 Å². The maximum atomic E-state index is 5.85. The van der Waals surface area contributed by atoms with E-state index in [1.54, 1.807) is 6.26 Å². The number of furan rings is 1. The van der Waals surface area contributed by atoms with Crippen LogP contribution >= 0.6 is 0 Å². The van der Waals surface area contributed by atoms with Crippen LogP contribution in [0.5, 0.6) is 0 Å². The third-order valence-corrected chi connectivity index (χ3v) is 4.20. The molecule has 0 saturated carbocycles. The molecular formula is C18H20N4O2. The Morgan fingerprint density at radius 3 is 2.83 bits per heavy atom. The van der Waals surface area contributed by atoms with E-state index in [-0.39, 0.29) is 6.23 Å². The fourth-order valence-corrected chi connectivity index (χ4v) is 2.93. The summed E-state index contributed by atoms with van der Waals surface area (Å²) in [4.78, 5) is 2.21. The second-order valence-corrected chi connectivity index (χ2v) is 6.10. The zero-order valence-electron chi connectivity index (χ0n) is 13.6. The number of ether oxygens (including phenoxy) is 1. The van der Waals surface area contributed by atoms with Crippen molar-refractivity contribution in [1.29, 1.82) is 0 Å². The molecule has 6 nitrogen and oxygen atoms in total. The van der Waals surface area contributed by atoms with E-state index >= 15 is 0 Å². The predicted molar refractivity (Wildman–Crippen MR) is 88.1 cm³/mol. The SMILES string of the molecule is Cc1ccc(Cn2cc([C@@H]3OCCN3Cc3ccco3)nn2)cc1. The minimum atomic E-state index is -0.165. The molecule has 1 atom stereocenters. The van der Waals surface area contributed by atoms with Crippen LogP contribution in [0.15, 0.2) is 53.3 Å². The van der Waals surface area contributed by atoms with E-state index in [2.05, 4.69) is 46.4 Å². The molecule has 3 heterocycles. The Kier molecular flexibility index (Phi) is 4.15. The van der Waals surface area contributed by atoms with Gasteiger partial charge in [-0.2, -0.15) is 0 Å². The Labute approximate surface area is 140 Å². The number of aryl methyl sites for hydroxylation is 1. The van der Waals surface area contributed by atoms with Gasteiger partial charge in [-0.1, -0.05) is 35.0 Å². The van der Waals surface area contributed by atoms with E-state index in [1.807, 2.05) is 23.0 Å². The van der Waals surface area contributed by atoms with Crippen molar-refractivity contribution in [2.45, 2.75) is 26.2 Å². The van der Waals surface area contributed by atoms with Crippen LogP contribution < -0.4 is 0 Å². The minimum absolute atomic E-state index is 0.165. The van der Waals surface area contributed by atoms with E-state index in [9.17, 15) is 0 Å².